The fourth-order valence-corrected chi connectivity index (χ4v) is 0.204. The van der Waals surface area contributed by atoms with Gasteiger partial charge in [-0.05, 0) is 20.8 Å². The van der Waals surface area contributed by atoms with Gasteiger partial charge >= 0.3 is 0 Å². The fourth-order valence-electron chi connectivity index (χ4n) is 0.204. The summed E-state index contributed by atoms with van der Waals surface area (Å²) in [5.41, 5.74) is 0. The topological polar surface area (TPSA) is 49.7 Å². The highest BCUT2D eigenvalue weighted by Crippen LogP contribution is 1.64. The first-order valence-electron chi connectivity index (χ1n) is 3.46. The molecule has 0 aliphatic carbocycles. The second-order valence-electron chi connectivity index (χ2n) is 1.10. The van der Waals surface area contributed by atoms with E-state index in [1.165, 1.54) is 0 Å². The maximum atomic E-state index is 7.57. The molecule has 0 spiro atoms. The van der Waals surface area contributed by atoms with E-state index in [0.29, 0.717) is 0 Å². The molecule has 10 heavy (non-hydrogen) atoms. The lowest BCUT2D eigenvalue weighted by Gasteiger charge is -1.86. The fraction of sp³-hybridized carbons (Fsp3) is 1.00. The molecule has 0 radical (unpaired) electrons. The molecule has 0 unspecified atom stereocenters. The van der Waals surface area contributed by atoms with Gasteiger partial charge in [0.25, 0.3) is 0 Å². The molecule has 0 amide bonds. The molecular weight excluding hydrogens is 132 g/mol. The van der Waals surface area contributed by atoms with Gasteiger partial charge in [0, 0.05) is 26.9 Å². The summed E-state index contributed by atoms with van der Waals surface area (Å²) in [6.45, 7) is 7.60. The van der Waals surface area contributed by atoms with Crippen molar-refractivity contribution in [2.75, 3.05) is 26.9 Å². The van der Waals surface area contributed by atoms with Crippen molar-refractivity contribution in [1.29, 1.82) is 0 Å². The van der Waals surface area contributed by atoms with Crippen molar-refractivity contribution in [3.63, 3.8) is 0 Å². The van der Waals surface area contributed by atoms with Crippen molar-refractivity contribution in [3.8, 4) is 0 Å². The molecule has 0 rings (SSSR count). The predicted octanol–water partition coefficient (Wildman–Crippen LogP) is 0.650. The van der Waals surface area contributed by atoms with Crippen LogP contribution in [-0.4, -0.2) is 37.1 Å². The lowest BCUT2D eigenvalue weighted by Crippen LogP contribution is -1.84. The lowest BCUT2D eigenvalue weighted by atomic mass is 10.8. The number of aliphatic hydroxyl groups excluding tert-OH is 2. The van der Waals surface area contributed by atoms with Crippen LogP contribution in [0.2, 0.25) is 0 Å². The van der Waals surface area contributed by atoms with E-state index in [4.69, 9.17) is 14.9 Å². The molecule has 66 valence electrons. The summed E-state index contributed by atoms with van der Waals surface area (Å²) in [7, 11) is 1.00. The van der Waals surface area contributed by atoms with Crippen molar-refractivity contribution in [3.05, 3.63) is 0 Å². The second-order valence-corrected chi connectivity index (χ2v) is 1.10. The van der Waals surface area contributed by atoms with Gasteiger partial charge in [0.05, 0.1) is 0 Å². The third-order valence-electron chi connectivity index (χ3n) is 0.408. The largest absolute Gasteiger partial charge is 0.400 e. The molecule has 3 nitrogen and oxygen atoms in total. The van der Waals surface area contributed by atoms with E-state index in [9.17, 15) is 0 Å². The molecule has 3 heteroatoms. The summed E-state index contributed by atoms with van der Waals surface area (Å²) >= 11 is 0. The summed E-state index contributed by atoms with van der Waals surface area (Å²) in [5, 5.41) is 14.6. The van der Waals surface area contributed by atoms with Gasteiger partial charge in [-0.25, -0.2) is 0 Å². The van der Waals surface area contributed by atoms with Crippen LogP contribution in [0.5, 0.6) is 0 Å². The maximum absolute atomic E-state index is 7.57. The molecule has 0 bridgehead atoms. The quantitative estimate of drug-likeness (QED) is 0.611. The molecule has 0 fully saturated rings. The summed E-state index contributed by atoms with van der Waals surface area (Å²) in [5.74, 6) is 0. The van der Waals surface area contributed by atoms with Gasteiger partial charge in [-0.1, -0.05) is 0 Å². The van der Waals surface area contributed by atoms with Crippen LogP contribution in [-0.2, 0) is 4.74 Å². The van der Waals surface area contributed by atoms with Crippen LogP contribution in [0.15, 0.2) is 0 Å². The Labute approximate surface area is 63.6 Å². The van der Waals surface area contributed by atoms with Gasteiger partial charge in [-0.15, -0.1) is 0 Å². The smallest absolute Gasteiger partial charge is 0.0437 e. The van der Waals surface area contributed by atoms with E-state index in [-0.39, 0.29) is 6.61 Å². The van der Waals surface area contributed by atoms with Crippen LogP contribution in [0.25, 0.3) is 0 Å². The molecule has 2 N–H and O–H groups in total. The molecule has 0 aliphatic rings. The Morgan fingerprint density at radius 1 is 1.00 bits per heavy atom. The van der Waals surface area contributed by atoms with Gasteiger partial charge in [-0.2, -0.15) is 0 Å². The Morgan fingerprint density at radius 2 is 1.20 bits per heavy atom. The number of hydrogen-bond donors (Lipinski definition) is 2. The van der Waals surface area contributed by atoms with Crippen LogP contribution < -0.4 is 0 Å². The van der Waals surface area contributed by atoms with Crippen molar-refractivity contribution < 1.29 is 14.9 Å². The minimum atomic E-state index is 0.250. The van der Waals surface area contributed by atoms with Crippen molar-refractivity contribution in [1.82, 2.24) is 0 Å². The molecule has 0 saturated carbocycles. The van der Waals surface area contributed by atoms with Crippen LogP contribution in [0.4, 0.5) is 0 Å². The standard InChI is InChI=1S/C4H10O.C2H6O.CH4O/c1-3-5-4-2;1-2-3;1-2/h3-4H2,1-2H3;3H,2H2,1H3;2H,1H3. The third-order valence-corrected chi connectivity index (χ3v) is 0.408. The van der Waals surface area contributed by atoms with E-state index in [1.54, 1.807) is 6.92 Å². The van der Waals surface area contributed by atoms with E-state index in [2.05, 4.69) is 0 Å². The highest BCUT2D eigenvalue weighted by Gasteiger charge is 1.64. The zero-order chi connectivity index (χ0) is 8.83. The summed E-state index contributed by atoms with van der Waals surface area (Å²) < 4.78 is 4.83. The monoisotopic (exact) mass is 152 g/mol. The van der Waals surface area contributed by atoms with Gasteiger partial charge in [0.1, 0.15) is 0 Å². The predicted molar refractivity (Wildman–Crippen MR) is 43.1 cm³/mol. The number of ether oxygens (including phenoxy) is 1. The zero-order valence-corrected chi connectivity index (χ0v) is 7.42. The van der Waals surface area contributed by atoms with E-state index in [1.807, 2.05) is 13.8 Å². The highest BCUT2D eigenvalue weighted by molar-refractivity contribution is 4.07. The molecule has 0 saturated heterocycles. The molecule has 0 atom stereocenters. The summed E-state index contributed by atoms with van der Waals surface area (Å²) in [4.78, 5) is 0. The first kappa shape index (κ1) is 16.5. The Morgan fingerprint density at radius 3 is 1.20 bits per heavy atom. The molecule has 0 heterocycles. The maximum Gasteiger partial charge on any atom is 0.0437 e. The Balaban J connectivity index is -0.0000000847. The number of hydrogen-bond acceptors (Lipinski definition) is 3. The van der Waals surface area contributed by atoms with Crippen molar-refractivity contribution in [2.24, 2.45) is 0 Å². The minimum absolute atomic E-state index is 0.250. The number of aliphatic hydroxyl groups is 2. The first-order chi connectivity index (χ1) is 4.83. The second kappa shape index (κ2) is 36.6. The Hall–Kier alpha value is -0.120. The van der Waals surface area contributed by atoms with Crippen LogP contribution in [0, 0.1) is 0 Å². The normalized spacial score (nSPS) is 6.60. The van der Waals surface area contributed by atoms with E-state index >= 15 is 0 Å². The number of rotatable bonds is 2. The van der Waals surface area contributed by atoms with Gasteiger partial charge in [0.2, 0.25) is 0 Å². The van der Waals surface area contributed by atoms with Crippen molar-refractivity contribution >= 4 is 0 Å². The molecule has 0 aromatic carbocycles. The average molecular weight is 152 g/mol. The average Bonchev–Trinajstić information content (AvgIpc) is 1.96. The Kier molecular flexibility index (Phi) is 60.3. The van der Waals surface area contributed by atoms with Gasteiger partial charge < -0.3 is 14.9 Å². The van der Waals surface area contributed by atoms with Gasteiger partial charge in [-0.3, -0.25) is 0 Å². The van der Waals surface area contributed by atoms with E-state index in [0.717, 1.165) is 20.3 Å². The molecular formula is C7H20O3. The van der Waals surface area contributed by atoms with Crippen molar-refractivity contribution in [2.45, 2.75) is 20.8 Å². The van der Waals surface area contributed by atoms with Gasteiger partial charge in [0.15, 0.2) is 0 Å². The van der Waals surface area contributed by atoms with E-state index < -0.39 is 0 Å². The highest BCUT2D eigenvalue weighted by atomic mass is 16.5. The Bertz CT molecular complexity index is 22.8. The third kappa shape index (κ3) is 106. The van der Waals surface area contributed by atoms with Crippen LogP contribution in [0.1, 0.15) is 20.8 Å². The molecule has 0 aromatic rings. The SMILES string of the molecule is CCO.CCOCC.CO. The lowest BCUT2D eigenvalue weighted by molar-refractivity contribution is 0.162. The van der Waals surface area contributed by atoms with Crippen LogP contribution >= 0.6 is 0 Å². The van der Waals surface area contributed by atoms with Crippen LogP contribution in [0.3, 0.4) is 0 Å². The zero-order valence-electron chi connectivity index (χ0n) is 7.42. The minimum Gasteiger partial charge on any atom is -0.400 e. The molecule has 0 aromatic heterocycles. The summed E-state index contributed by atoms with van der Waals surface area (Å²) in [6, 6.07) is 0. The summed E-state index contributed by atoms with van der Waals surface area (Å²) in [6.07, 6.45) is 0. The molecule has 0 aliphatic heterocycles. The first-order valence-corrected chi connectivity index (χ1v) is 3.46.